The fourth-order valence-electron chi connectivity index (χ4n) is 1.20. The Kier molecular flexibility index (Phi) is 2.11. The van der Waals surface area contributed by atoms with E-state index >= 15 is 0 Å². The first-order valence-electron chi connectivity index (χ1n) is 3.64. The average molecular weight is 239 g/mol. The molecule has 0 heterocycles. The highest BCUT2D eigenvalue weighted by Gasteiger charge is 1.93. The lowest BCUT2D eigenvalue weighted by atomic mass is 10.1. The Morgan fingerprint density at radius 3 is 2.50 bits per heavy atom. The molecule has 0 aliphatic carbocycles. The third-order valence-corrected chi connectivity index (χ3v) is 2.56. The molecule has 0 atom stereocenters. The Morgan fingerprint density at radius 1 is 0.917 bits per heavy atom. The predicted molar refractivity (Wildman–Crippen MR) is 58.9 cm³/mol. The van der Waals surface area contributed by atoms with Gasteiger partial charge in [-0.2, -0.15) is 0 Å². The Morgan fingerprint density at radius 2 is 1.67 bits per heavy atom. The summed E-state index contributed by atoms with van der Waals surface area (Å²) in [5.41, 5.74) is 0. The summed E-state index contributed by atoms with van der Waals surface area (Å²) < 4.78 is 1.11. The minimum atomic E-state index is 1.00. The van der Waals surface area contributed by atoms with Crippen LogP contribution in [0.25, 0.3) is 10.8 Å². The van der Waals surface area contributed by atoms with Gasteiger partial charge in [0.1, 0.15) is 0 Å². The number of thiol groups is 1. The van der Waals surface area contributed by atoms with Crippen LogP contribution in [-0.4, -0.2) is 0 Å². The van der Waals surface area contributed by atoms with Gasteiger partial charge in [0, 0.05) is 9.37 Å². The highest BCUT2D eigenvalue weighted by molar-refractivity contribution is 9.10. The Hall–Kier alpha value is -0.470. The van der Waals surface area contributed by atoms with Gasteiger partial charge in [-0.05, 0) is 35.0 Å². The summed E-state index contributed by atoms with van der Waals surface area (Å²) in [6.45, 7) is 0. The molecule has 12 heavy (non-hydrogen) atoms. The van der Waals surface area contributed by atoms with Crippen molar-refractivity contribution in [3.8, 4) is 0 Å². The highest BCUT2D eigenvalue weighted by atomic mass is 79.9. The van der Waals surface area contributed by atoms with E-state index in [0.29, 0.717) is 0 Å². The molecule has 0 amide bonds. The van der Waals surface area contributed by atoms with E-state index in [2.05, 4.69) is 52.8 Å². The van der Waals surface area contributed by atoms with Crippen molar-refractivity contribution in [2.45, 2.75) is 4.90 Å². The van der Waals surface area contributed by atoms with E-state index in [4.69, 9.17) is 0 Å². The number of halogens is 1. The molecule has 0 nitrogen and oxygen atoms in total. The average Bonchev–Trinajstić information content (AvgIpc) is 2.03. The summed E-state index contributed by atoms with van der Waals surface area (Å²) in [4.78, 5) is 1.00. The minimum absolute atomic E-state index is 1.00. The quantitative estimate of drug-likeness (QED) is 0.662. The molecule has 0 saturated carbocycles. The van der Waals surface area contributed by atoms with Crippen LogP contribution in [0.1, 0.15) is 0 Å². The zero-order chi connectivity index (χ0) is 8.55. The van der Waals surface area contributed by atoms with Gasteiger partial charge in [0.2, 0.25) is 0 Å². The largest absolute Gasteiger partial charge is 0.143 e. The van der Waals surface area contributed by atoms with Crippen LogP contribution < -0.4 is 0 Å². The Balaban J connectivity index is 2.80. The van der Waals surface area contributed by atoms with Crippen molar-refractivity contribution in [3.63, 3.8) is 0 Å². The second-order valence-corrected chi connectivity index (χ2v) is 4.11. The molecule has 2 aromatic carbocycles. The van der Waals surface area contributed by atoms with Gasteiger partial charge in [0.25, 0.3) is 0 Å². The number of fused-ring (bicyclic) bond motifs is 1. The smallest absolute Gasteiger partial charge is 0.0181 e. The summed E-state index contributed by atoms with van der Waals surface area (Å²) in [5, 5.41) is 2.47. The lowest BCUT2D eigenvalue weighted by Crippen LogP contribution is -1.72. The highest BCUT2D eigenvalue weighted by Crippen LogP contribution is 2.21. The van der Waals surface area contributed by atoms with Crippen molar-refractivity contribution in [2.75, 3.05) is 0 Å². The maximum Gasteiger partial charge on any atom is 0.0181 e. The Labute approximate surface area is 85.1 Å². The molecule has 2 aromatic rings. The van der Waals surface area contributed by atoms with Crippen LogP contribution in [0.15, 0.2) is 45.8 Å². The third-order valence-electron chi connectivity index (χ3n) is 1.79. The van der Waals surface area contributed by atoms with Crippen LogP contribution in [0, 0.1) is 0 Å². The van der Waals surface area contributed by atoms with E-state index in [9.17, 15) is 0 Å². The number of hydrogen-bond acceptors (Lipinski definition) is 1. The topological polar surface area (TPSA) is 0 Å². The third kappa shape index (κ3) is 1.50. The van der Waals surface area contributed by atoms with Crippen LogP contribution in [0.4, 0.5) is 0 Å². The van der Waals surface area contributed by atoms with Gasteiger partial charge in [0.05, 0.1) is 0 Å². The van der Waals surface area contributed by atoms with Crippen molar-refractivity contribution < 1.29 is 0 Å². The monoisotopic (exact) mass is 238 g/mol. The molecule has 0 aliphatic heterocycles. The lowest BCUT2D eigenvalue weighted by Gasteiger charge is -1.98. The zero-order valence-corrected chi connectivity index (χ0v) is 8.77. The molecule has 0 aliphatic rings. The first-order chi connectivity index (χ1) is 5.75. The van der Waals surface area contributed by atoms with Gasteiger partial charge in [-0.3, -0.25) is 0 Å². The molecule has 0 aromatic heterocycles. The molecule has 0 bridgehead atoms. The van der Waals surface area contributed by atoms with Gasteiger partial charge in [-0.15, -0.1) is 12.6 Å². The molecular weight excluding hydrogens is 232 g/mol. The summed E-state index contributed by atoms with van der Waals surface area (Å²) in [5.74, 6) is 0. The second-order valence-electron chi connectivity index (χ2n) is 2.68. The van der Waals surface area contributed by atoms with Gasteiger partial charge in [0.15, 0.2) is 0 Å². The molecule has 0 spiro atoms. The molecule has 0 saturated heterocycles. The first kappa shape index (κ1) is 8.14. The number of rotatable bonds is 0. The summed E-state index contributed by atoms with van der Waals surface area (Å²) >= 11 is 7.71. The Bertz CT molecular complexity index is 386. The SMILES string of the molecule is Sc1ccc2ccc(Br)cc2c1. The predicted octanol–water partition coefficient (Wildman–Crippen LogP) is 3.89. The van der Waals surface area contributed by atoms with Crippen LogP contribution in [0.5, 0.6) is 0 Å². The van der Waals surface area contributed by atoms with Gasteiger partial charge >= 0.3 is 0 Å². The van der Waals surface area contributed by atoms with Crippen molar-refractivity contribution in [2.24, 2.45) is 0 Å². The maximum absolute atomic E-state index is 4.28. The van der Waals surface area contributed by atoms with Gasteiger partial charge in [-0.1, -0.05) is 28.1 Å². The van der Waals surface area contributed by atoms with E-state index in [1.807, 2.05) is 12.1 Å². The van der Waals surface area contributed by atoms with E-state index in [1.54, 1.807) is 0 Å². The van der Waals surface area contributed by atoms with E-state index in [1.165, 1.54) is 10.8 Å². The van der Waals surface area contributed by atoms with E-state index < -0.39 is 0 Å². The summed E-state index contributed by atoms with van der Waals surface area (Å²) in [6.07, 6.45) is 0. The minimum Gasteiger partial charge on any atom is -0.143 e. The van der Waals surface area contributed by atoms with Crippen molar-refractivity contribution in [1.29, 1.82) is 0 Å². The maximum atomic E-state index is 4.28. The van der Waals surface area contributed by atoms with Crippen LogP contribution in [0.3, 0.4) is 0 Å². The molecule has 0 N–H and O–H groups in total. The molecule has 60 valence electrons. The fourth-order valence-corrected chi connectivity index (χ4v) is 1.80. The molecule has 0 fully saturated rings. The molecule has 2 rings (SSSR count). The summed E-state index contributed by atoms with van der Waals surface area (Å²) in [7, 11) is 0. The van der Waals surface area contributed by atoms with Crippen molar-refractivity contribution in [1.82, 2.24) is 0 Å². The van der Waals surface area contributed by atoms with Crippen LogP contribution in [0.2, 0.25) is 0 Å². The number of benzene rings is 2. The lowest BCUT2D eigenvalue weighted by molar-refractivity contribution is 1.52. The van der Waals surface area contributed by atoms with Crippen LogP contribution >= 0.6 is 28.6 Å². The van der Waals surface area contributed by atoms with Crippen molar-refractivity contribution >= 4 is 39.3 Å². The van der Waals surface area contributed by atoms with E-state index in [-0.39, 0.29) is 0 Å². The second kappa shape index (κ2) is 3.11. The molecular formula is C10H7BrS. The molecule has 0 radical (unpaired) electrons. The van der Waals surface area contributed by atoms with Crippen LogP contribution in [-0.2, 0) is 0 Å². The normalized spacial score (nSPS) is 10.5. The standard InChI is InChI=1S/C10H7BrS/c11-9-3-1-7-2-4-10(12)6-8(7)5-9/h1-6,12H. The van der Waals surface area contributed by atoms with Gasteiger partial charge < -0.3 is 0 Å². The zero-order valence-electron chi connectivity index (χ0n) is 6.29. The molecule has 0 unspecified atom stereocenters. The number of hydrogen-bond donors (Lipinski definition) is 1. The first-order valence-corrected chi connectivity index (χ1v) is 4.88. The van der Waals surface area contributed by atoms with Crippen molar-refractivity contribution in [3.05, 3.63) is 40.9 Å². The fraction of sp³-hybridized carbons (Fsp3) is 0. The molecule has 2 heteroatoms. The summed E-state index contributed by atoms with van der Waals surface area (Å²) in [6, 6.07) is 12.4. The van der Waals surface area contributed by atoms with E-state index in [0.717, 1.165) is 9.37 Å². The van der Waals surface area contributed by atoms with Gasteiger partial charge in [-0.25, -0.2) is 0 Å².